The first kappa shape index (κ1) is 28.9. The van der Waals surface area contributed by atoms with Crippen molar-refractivity contribution in [1.82, 2.24) is 10.2 Å². The van der Waals surface area contributed by atoms with Crippen molar-refractivity contribution in [2.75, 3.05) is 7.05 Å². The molecule has 1 heterocycles. The number of carbonyl (C=O) groups is 2. The lowest BCUT2D eigenvalue weighted by atomic mass is 9.92. The van der Waals surface area contributed by atoms with E-state index in [-0.39, 0.29) is 23.2 Å². The number of halogens is 3. The van der Waals surface area contributed by atoms with Crippen molar-refractivity contribution in [2.24, 2.45) is 0 Å². The second-order valence-electron chi connectivity index (χ2n) is 10.5. The summed E-state index contributed by atoms with van der Waals surface area (Å²) in [6, 6.07) is 15.2. The third kappa shape index (κ3) is 7.51. The van der Waals surface area contributed by atoms with Gasteiger partial charge in [-0.2, -0.15) is 0 Å². The number of hydrogen-bond acceptors (Lipinski definition) is 4. The number of aryl methyl sites for hydroxylation is 1. The first-order chi connectivity index (χ1) is 18.4. The van der Waals surface area contributed by atoms with Crippen LogP contribution in [0.3, 0.4) is 0 Å². The van der Waals surface area contributed by atoms with E-state index < -0.39 is 17.6 Å². The van der Waals surface area contributed by atoms with E-state index in [4.69, 9.17) is 21.1 Å². The van der Waals surface area contributed by atoms with Crippen LogP contribution in [0.25, 0.3) is 0 Å². The highest BCUT2D eigenvalue weighted by Gasteiger charge is 2.27. The first-order valence-electron chi connectivity index (χ1n) is 12.7. The average molecular weight is 618 g/mol. The second-order valence-corrected chi connectivity index (χ2v) is 11.8. The monoisotopic (exact) mass is 616 g/mol. The normalized spacial score (nSPS) is 14.5. The number of nitrogens with one attached hydrogen (secondary N) is 1. The van der Waals surface area contributed by atoms with Crippen LogP contribution in [-0.4, -0.2) is 35.4 Å². The van der Waals surface area contributed by atoms with Crippen LogP contribution in [0.2, 0.25) is 5.02 Å². The van der Waals surface area contributed by atoms with Gasteiger partial charge in [0.25, 0.3) is 0 Å². The van der Waals surface area contributed by atoms with Gasteiger partial charge >= 0.3 is 11.8 Å². The average Bonchev–Trinajstić information content (AvgIpc) is 2.87. The molecule has 0 saturated heterocycles. The Morgan fingerprint density at radius 3 is 2.69 bits per heavy atom. The summed E-state index contributed by atoms with van der Waals surface area (Å²) in [5.74, 6) is -0.199. The molecule has 9 heteroatoms. The molecule has 3 aromatic carbocycles. The molecule has 2 amide bonds. The molecule has 1 N–H and O–H groups in total. The Balaban J connectivity index is 1.36. The number of carbonyl (C=O) groups excluding carboxylic acids is 2. The van der Waals surface area contributed by atoms with Crippen molar-refractivity contribution in [3.05, 3.63) is 86.6 Å². The minimum absolute atomic E-state index is 0.0604. The minimum atomic E-state index is -0.682. The number of fused-ring (bicyclic) bond motifs is 1. The summed E-state index contributed by atoms with van der Waals surface area (Å²) >= 11 is 9.29. The molecule has 1 aliphatic rings. The van der Waals surface area contributed by atoms with E-state index in [2.05, 4.69) is 41.2 Å². The molecule has 0 fully saturated rings. The summed E-state index contributed by atoms with van der Waals surface area (Å²) in [6.07, 6.45) is 2.47. The van der Waals surface area contributed by atoms with Gasteiger partial charge in [0, 0.05) is 35.7 Å². The van der Waals surface area contributed by atoms with E-state index in [9.17, 15) is 14.0 Å². The third-order valence-electron chi connectivity index (χ3n) is 6.52. The van der Waals surface area contributed by atoms with E-state index in [0.717, 1.165) is 34.2 Å². The summed E-state index contributed by atoms with van der Waals surface area (Å²) in [7, 11) is 1.55. The van der Waals surface area contributed by atoms with Crippen LogP contribution in [0, 0.1) is 5.82 Å². The summed E-state index contributed by atoms with van der Waals surface area (Å²) in [6.45, 7) is 6.17. The Labute approximate surface area is 241 Å². The lowest BCUT2D eigenvalue weighted by molar-refractivity contribution is -0.145. The second kappa shape index (κ2) is 12.0. The Hall–Kier alpha value is -3.10. The SMILES string of the molecule is C[C@H](Cc1ccc2c(c1)CCC(C)(C)O2)NC(=O)C(=O)N(C)Cc1ccc(Br)cc1Oc1ccc(F)c(Cl)c1. The molecule has 3 aromatic rings. The van der Waals surface area contributed by atoms with E-state index in [0.29, 0.717) is 23.5 Å². The van der Waals surface area contributed by atoms with Crippen molar-refractivity contribution < 1.29 is 23.5 Å². The fourth-order valence-electron chi connectivity index (χ4n) is 4.45. The van der Waals surface area contributed by atoms with E-state index in [1.165, 1.54) is 23.1 Å². The Morgan fingerprint density at radius 1 is 1.18 bits per heavy atom. The molecule has 1 atom stereocenters. The van der Waals surface area contributed by atoms with Gasteiger partial charge in [-0.05, 0) is 81.5 Å². The van der Waals surface area contributed by atoms with Crippen LogP contribution in [0.5, 0.6) is 17.2 Å². The fraction of sp³-hybridized carbons (Fsp3) is 0.333. The van der Waals surface area contributed by atoms with Gasteiger partial charge in [-0.15, -0.1) is 0 Å². The number of likely N-dealkylation sites (N-methyl/N-ethyl adjacent to an activating group) is 1. The summed E-state index contributed by atoms with van der Waals surface area (Å²) in [5.41, 5.74) is 2.73. The summed E-state index contributed by atoms with van der Waals surface area (Å²) < 4.78 is 26.3. The van der Waals surface area contributed by atoms with Crippen molar-refractivity contribution in [3.8, 4) is 17.2 Å². The van der Waals surface area contributed by atoms with Gasteiger partial charge in [0.15, 0.2) is 0 Å². The van der Waals surface area contributed by atoms with Gasteiger partial charge in [-0.25, -0.2) is 4.39 Å². The van der Waals surface area contributed by atoms with Crippen molar-refractivity contribution in [3.63, 3.8) is 0 Å². The first-order valence-corrected chi connectivity index (χ1v) is 13.9. The van der Waals surface area contributed by atoms with Gasteiger partial charge in [-0.1, -0.05) is 45.7 Å². The molecule has 1 aliphatic heterocycles. The van der Waals surface area contributed by atoms with Gasteiger partial charge in [-0.3, -0.25) is 9.59 Å². The van der Waals surface area contributed by atoms with E-state index >= 15 is 0 Å². The van der Waals surface area contributed by atoms with Gasteiger partial charge < -0.3 is 19.7 Å². The molecule has 39 heavy (non-hydrogen) atoms. The van der Waals surface area contributed by atoms with Crippen LogP contribution >= 0.6 is 27.5 Å². The summed E-state index contributed by atoms with van der Waals surface area (Å²) in [4.78, 5) is 27.0. The van der Waals surface area contributed by atoms with Gasteiger partial charge in [0.2, 0.25) is 0 Å². The molecule has 0 spiro atoms. The molecule has 6 nitrogen and oxygen atoms in total. The van der Waals surface area contributed by atoms with Gasteiger partial charge in [0.05, 0.1) is 5.02 Å². The molecule has 0 saturated carbocycles. The molecular formula is C30H31BrClFN2O4. The van der Waals surface area contributed by atoms with E-state index in [1.807, 2.05) is 25.1 Å². The Kier molecular flexibility index (Phi) is 8.86. The highest BCUT2D eigenvalue weighted by Crippen LogP contribution is 2.34. The third-order valence-corrected chi connectivity index (χ3v) is 7.31. The molecule has 0 radical (unpaired) electrons. The van der Waals surface area contributed by atoms with Crippen LogP contribution in [-0.2, 0) is 29.0 Å². The Bertz CT molecular complexity index is 1400. The number of benzene rings is 3. The quantitative estimate of drug-likeness (QED) is 0.295. The molecule has 206 valence electrons. The van der Waals surface area contributed by atoms with Crippen LogP contribution in [0.4, 0.5) is 4.39 Å². The van der Waals surface area contributed by atoms with Crippen molar-refractivity contribution in [2.45, 2.75) is 58.2 Å². The van der Waals surface area contributed by atoms with Crippen LogP contribution in [0.15, 0.2) is 59.1 Å². The van der Waals surface area contributed by atoms with Crippen molar-refractivity contribution in [1.29, 1.82) is 0 Å². The molecule has 0 bridgehead atoms. The van der Waals surface area contributed by atoms with Crippen LogP contribution < -0.4 is 14.8 Å². The molecule has 0 unspecified atom stereocenters. The number of hydrogen-bond donors (Lipinski definition) is 1. The fourth-order valence-corrected chi connectivity index (χ4v) is 4.96. The lowest BCUT2D eigenvalue weighted by Gasteiger charge is -2.32. The number of ether oxygens (including phenoxy) is 2. The predicted molar refractivity (Wildman–Crippen MR) is 153 cm³/mol. The smallest absolute Gasteiger partial charge is 0.311 e. The molecule has 4 rings (SSSR count). The largest absolute Gasteiger partial charge is 0.488 e. The number of nitrogens with zero attached hydrogens (tertiary/aromatic N) is 1. The standard InChI is InChI=1S/C30H31BrClFN2O4/c1-18(13-19-5-10-26-20(14-19)11-12-30(2,3)39-26)34-28(36)29(37)35(4)17-21-6-7-22(31)15-27(21)38-23-8-9-25(33)24(32)16-23/h5-10,14-16,18H,11-13,17H2,1-4H3,(H,34,36)/t18-/m1/s1. The zero-order valence-electron chi connectivity index (χ0n) is 22.3. The number of amides is 2. The zero-order valence-corrected chi connectivity index (χ0v) is 24.7. The maximum atomic E-state index is 13.5. The predicted octanol–water partition coefficient (Wildman–Crippen LogP) is 6.84. The van der Waals surface area contributed by atoms with Crippen molar-refractivity contribution >= 4 is 39.3 Å². The minimum Gasteiger partial charge on any atom is -0.488 e. The maximum Gasteiger partial charge on any atom is 0.311 e. The molecular weight excluding hydrogens is 587 g/mol. The van der Waals surface area contributed by atoms with Crippen LogP contribution in [0.1, 0.15) is 43.9 Å². The highest BCUT2D eigenvalue weighted by molar-refractivity contribution is 9.10. The molecule has 0 aromatic heterocycles. The summed E-state index contributed by atoms with van der Waals surface area (Å²) in [5, 5.41) is 2.75. The maximum absolute atomic E-state index is 13.5. The molecule has 0 aliphatic carbocycles. The lowest BCUT2D eigenvalue weighted by Crippen LogP contribution is -2.44. The number of rotatable bonds is 7. The zero-order chi connectivity index (χ0) is 28.3. The van der Waals surface area contributed by atoms with Gasteiger partial charge in [0.1, 0.15) is 28.7 Å². The Morgan fingerprint density at radius 2 is 1.95 bits per heavy atom. The van der Waals surface area contributed by atoms with E-state index in [1.54, 1.807) is 19.2 Å². The highest BCUT2D eigenvalue weighted by atomic mass is 79.9. The topological polar surface area (TPSA) is 67.9 Å².